The minimum absolute atomic E-state index is 0.141. The van der Waals surface area contributed by atoms with Crippen molar-refractivity contribution in [2.24, 2.45) is 0 Å². The number of benzene rings is 10. The van der Waals surface area contributed by atoms with Gasteiger partial charge in [0.25, 0.3) is 0 Å². The first kappa shape index (κ1) is 36.4. The zero-order chi connectivity index (χ0) is 42.5. The first-order valence-corrected chi connectivity index (χ1v) is 21.9. The van der Waals surface area contributed by atoms with Gasteiger partial charge in [-0.1, -0.05) is 178 Å². The third-order valence-electron chi connectivity index (χ3n) is 13.5. The highest BCUT2D eigenvalue weighted by atomic mass is 16.3. The molecular formula is C60H39N3O. The van der Waals surface area contributed by atoms with E-state index in [9.17, 15) is 0 Å². The van der Waals surface area contributed by atoms with Gasteiger partial charge in [0.1, 0.15) is 11.2 Å². The van der Waals surface area contributed by atoms with Crippen LogP contribution in [0.5, 0.6) is 0 Å². The molecule has 4 nitrogen and oxygen atoms in total. The Bertz CT molecular complexity index is 3850. The van der Waals surface area contributed by atoms with Crippen LogP contribution in [0.2, 0.25) is 0 Å². The van der Waals surface area contributed by atoms with Crippen molar-refractivity contribution in [1.82, 2.24) is 15.0 Å². The summed E-state index contributed by atoms with van der Waals surface area (Å²) in [6, 6.07) is 71.4. The molecular weight excluding hydrogens is 779 g/mol. The highest BCUT2D eigenvalue weighted by molar-refractivity contribution is 6.25. The van der Waals surface area contributed by atoms with E-state index in [4.69, 9.17) is 19.4 Å². The molecule has 2 aromatic heterocycles. The molecule has 12 aromatic rings. The average Bonchev–Trinajstić information content (AvgIpc) is 3.84. The Hall–Kier alpha value is -8.21. The maximum absolute atomic E-state index is 6.70. The minimum atomic E-state index is -0.141. The Balaban J connectivity index is 0.893. The Morgan fingerprint density at radius 3 is 1.47 bits per heavy atom. The second kappa shape index (κ2) is 13.9. The third kappa shape index (κ3) is 5.59. The van der Waals surface area contributed by atoms with E-state index in [1.54, 1.807) is 0 Å². The molecule has 0 unspecified atom stereocenters. The van der Waals surface area contributed by atoms with Gasteiger partial charge in [0, 0.05) is 32.9 Å². The molecule has 0 aliphatic heterocycles. The summed E-state index contributed by atoms with van der Waals surface area (Å²) in [5, 5.41) is 9.78. The molecule has 300 valence electrons. The Morgan fingerprint density at radius 1 is 0.312 bits per heavy atom. The van der Waals surface area contributed by atoms with E-state index in [1.165, 1.54) is 65.7 Å². The van der Waals surface area contributed by atoms with Crippen molar-refractivity contribution in [2.75, 3.05) is 0 Å². The molecule has 1 aliphatic rings. The molecule has 0 N–H and O–H groups in total. The zero-order valence-corrected chi connectivity index (χ0v) is 35.3. The summed E-state index contributed by atoms with van der Waals surface area (Å²) in [5.41, 5.74) is 13.9. The molecule has 2 heterocycles. The quantitative estimate of drug-likeness (QED) is 0.162. The van der Waals surface area contributed by atoms with Crippen molar-refractivity contribution >= 4 is 54.3 Å². The van der Waals surface area contributed by atoms with Crippen molar-refractivity contribution in [3.05, 3.63) is 211 Å². The lowest BCUT2D eigenvalue weighted by Crippen LogP contribution is -2.14. The van der Waals surface area contributed by atoms with Gasteiger partial charge in [0.2, 0.25) is 0 Å². The molecule has 0 atom stereocenters. The second-order valence-corrected chi connectivity index (χ2v) is 17.5. The molecule has 10 aromatic carbocycles. The molecule has 0 saturated carbocycles. The number of aromatic nitrogens is 3. The maximum Gasteiger partial charge on any atom is 0.164 e. The Labute approximate surface area is 370 Å². The van der Waals surface area contributed by atoms with Crippen LogP contribution >= 0.6 is 0 Å². The van der Waals surface area contributed by atoms with Gasteiger partial charge >= 0.3 is 0 Å². The van der Waals surface area contributed by atoms with Crippen molar-refractivity contribution in [1.29, 1.82) is 0 Å². The second-order valence-electron chi connectivity index (χ2n) is 17.5. The molecule has 4 heteroatoms. The average molecular weight is 818 g/mol. The summed E-state index contributed by atoms with van der Waals surface area (Å²) in [5.74, 6) is 1.88. The molecule has 0 bridgehead atoms. The van der Waals surface area contributed by atoms with Crippen LogP contribution < -0.4 is 0 Å². The summed E-state index contributed by atoms with van der Waals surface area (Å²) in [6.45, 7) is 4.60. The van der Waals surface area contributed by atoms with Gasteiger partial charge in [-0.15, -0.1) is 0 Å². The normalized spacial score (nSPS) is 13.0. The number of furan rings is 1. The molecule has 64 heavy (non-hydrogen) atoms. The lowest BCUT2D eigenvalue weighted by Gasteiger charge is -2.21. The Kier molecular flexibility index (Phi) is 7.92. The summed E-state index contributed by atoms with van der Waals surface area (Å²) >= 11 is 0. The van der Waals surface area contributed by atoms with E-state index in [2.05, 4.69) is 196 Å². The smallest absolute Gasteiger partial charge is 0.164 e. The van der Waals surface area contributed by atoms with Crippen molar-refractivity contribution in [3.63, 3.8) is 0 Å². The molecule has 0 fully saturated rings. The number of hydrogen-bond acceptors (Lipinski definition) is 4. The number of rotatable bonds is 5. The third-order valence-corrected chi connectivity index (χ3v) is 13.5. The fourth-order valence-electron chi connectivity index (χ4n) is 10.3. The monoisotopic (exact) mass is 817 g/mol. The van der Waals surface area contributed by atoms with Crippen LogP contribution in [0.1, 0.15) is 25.0 Å². The highest BCUT2D eigenvalue weighted by Crippen LogP contribution is 2.52. The van der Waals surface area contributed by atoms with E-state index in [1.807, 2.05) is 18.2 Å². The van der Waals surface area contributed by atoms with Gasteiger partial charge in [-0.3, -0.25) is 0 Å². The van der Waals surface area contributed by atoms with Crippen LogP contribution in [0.25, 0.3) is 122 Å². The fourth-order valence-corrected chi connectivity index (χ4v) is 10.3. The van der Waals surface area contributed by atoms with Crippen molar-refractivity contribution < 1.29 is 4.42 Å². The Morgan fingerprint density at radius 2 is 0.766 bits per heavy atom. The zero-order valence-electron chi connectivity index (χ0n) is 35.3. The summed E-state index contributed by atoms with van der Waals surface area (Å²) in [7, 11) is 0. The molecule has 13 rings (SSSR count). The molecule has 1 aliphatic carbocycles. The van der Waals surface area contributed by atoms with E-state index < -0.39 is 0 Å². The lowest BCUT2D eigenvalue weighted by molar-refractivity contribution is 0.660. The van der Waals surface area contributed by atoms with Gasteiger partial charge in [-0.05, 0) is 113 Å². The van der Waals surface area contributed by atoms with Gasteiger partial charge in [-0.2, -0.15) is 0 Å². The topological polar surface area (TPSA) is 51.8 Å². The molecule has 0 saturated heterocycles. The van der Waals surface area contributed by atoms with Gasteiger partial charge in [-0.25, -0.2) is 15.0 Å². The first-order chi connectivity index (χ1) is 31.5. The van der Waals surface area contributed by atoms with Crippen LogP contribution in [0.4, 0.5) is 0 Å². The predicted molar refractivity (Wildman–Crippen MR) is 264 cm³/mol. The van der Waals surface area contributed by atoms with Gasteiger partial charge in [0.15, 0.2) is 17.5 Å². The number of nitrogens with zero attached hydrogens (tertiary/aromatic N) is 3. The molecule has 0 radical (unpaired) electrons. The number of hydrogen-bond donors (Lipinski definition) is 0. The van der Waals surface area contributed by atoms with Crippen molar-refractivity contribution in [2.45, 2.75) is 19.3 Å². The van der Waals surface area contributed by atoms with E-state index in [0.717, 1.165) is 49.8 Å². The van der Waals surface area contributed by atoms with Crippen LogP contribution in [-0.4, -0.2) is 15.0 Å². The predicted octanol–water partition coefficient (Wildman–Crippen LogP) is 15.9. The maximum atomic E-state index is 6.70. The van der Waals surface area contributed by atoms with Crippen LogP contribution in [0, 0.1) is 0 Å². The first-order valence-electron chi connectivity index (χ1n) is 21.9. The van der Waals surface area contributed by atoms with E-state index in [0.29, 0.717) is 17.5 Å². The SMILES string of the molecule is CC1(C)c2ccccc2-c2c(-c3nc(-c4ccccc4)nc(-c4ccc5c(c4)oc4cc(-c6cccc(-c7ccc8c9ccccc9c9ccccc9c8c7)c6)ccc45)n3)cccc21. The summed E-state index contributed by atoms with van der Waals surface area (Å²) in [6.07, 6.45) is 0. The van der Waals surface area contributed by atoms with Crippen LogP contribution in [0.3, 0.4) is 0 Å². The van der Waals surface area contributed by atoms with Gasteiger partial charge in [0.05, 0.1) is 0 Å². The number of fused-ring (bicyclic) bond motifs is 12. The minimum Gasteiger partial charge on any atom is -0.456 e. The largest absolute Gasteiger partial charge is 0.456 e. The van der Waals surface area contributed by atoms with Crippen LogP contribution in [0.15, 0.2) is 205 Å². The van der Waals surface area contributed by atoms with E-state index >= 15 is 0 Å². The summed E-state index contributed by atoms with van der Waals surface area (Å²) in [4.78, 5) is 15.5. The van der Waals surface area contributed by atoms with Gasteiger partial charge < -0.3 is 4.42 Å². The van der Waals surface area contributed by atoms with Crippen LogP contribution in [-0.2, 0) is 5.41 Å². The van der Waals surface area contributed by atoms with Crippen molar-refractivity contribution in [3.8, 4) is 67.5 Å². The summed E-state index contributed by atoms with van der Waals surface area (Å²) < 4.78 is 6.70. The fraction of sp³-hybridized carbons (Fsp3) is 0.0500. The lowest BCUT2D eigenvalue weighted by atomic mass is 9.82. The molecule has 0 spiro atoms. The molecule has 0 amide bonds. The van der Waals surface area contributed by atoms with E-state index in [-0.39, 0.29) is 5.41 Å². The standard InChI is InChI=1S/C60H39N3O/c1-60(2)52-24-11-10-22-49(52)56-50(23-13-25-53(56)60)59-62-57(36-14-4-3-5-15-36)61-58(63-59)41-28-31-48-47-30-27-40(34-54(47)64-55(48)35-41)38-17-12-16-37(32-38)39-26-29-46-44-20-7-6-18-42(44)43-19-8-9-21-45(43)51(46)33-39/h3-35H,1-2H3. The highest BCUT2D eigenvalue weighted by Gasteiger charge is 2.37.